The van der Waals surface area contributed by atoms with Gasteiger partial charge in [0.25, 0.3) is 0 Å². The molecule has 1 aliphatic rings. The van der Waals surface area contributed by atoms with Crippen molar-refractivity contribution in [1.82, 2.24) is 9.80 Å². The lowest BCUT2D eigenvalue weighted by molar-refractivity contribution is -0.151. The fraction of sp³-hybridized carbons (Fsp3) is 0.444. The summed E-state index contributed by atoms with van der Waals surface area (Å²) in [7, 11) is 1.59. The van der Waals surface area contributed by atoms with Crippen LogP contribution in [0.4, 0.5) is 10.5 Å². The van der Waals surface area contributed by atoms with Crippen molar-refractivity contribution >= 4 is 23.6 Å². The van der Waals surface area contributed by atoms with Gasteiger partial charge in [-0.2, -0.15) is 0 Å². The number of nitrogens with zero attached hydrogens (tertiary/aromatic N) is 2. The molecule has 3 rings (SSSR count). The molecule has 3 amide bonds. The van der Waals surface area contributed by atoms with E-state index in [1.54, 1.807) is 48.1 Å². The minimum Gasteiger partial charge on any atom is -0.497 e. The van der Waals surface area contributed by atoms with E-state index in [0.29, 0.717) is 31.1 Å². The zero-order chi connectivity index (χ0) is 25.2. The second-order valence-electron chi connectivity index (χ2n) is 8.62. The highest BCUT2D eigenvalue weighted by Gasteiger charge is 2.30. The average Bonchev–Trinajstić information content (AvgIpc) is 2.89. The predicted molar refractivity (Wildman–Crippen MR) is 134 cm³/mol. The fourth-order valence-electron chi connectivity index (χ4n) is 4.28. The van der Waals surface area contributed by atoms with Crippen LogP contribution >= 0.6 is 0 Å². The molecule has 1 heterocycles. The third-order valence-electron chi connectivity index (χ3n) is 6.31. The van der Waals surface area contributed by atoms with Crippen LogP contribution in [-0.4, -0.2) is 61.1 Å². The molecule has 0 saturated carbocycles. The number of rotatable bonds is 9. The van der Waals surface area contributed by atoms with Gasteiger partial charge in [0.05, 0.1) is 25.7 Å². The van der Waals surface area contributed by atoms with Crippen molar-refractivity contribution in [1.29, 1.82) is 0 Å². The van der Waals surface area contributed by atoms with E-state index in [4.69, 9.17) is 9.47 Å². The van der Waals surface area contributed by atoms with Crippen molar-refractivity contribution in [2.45, 2.75) is 39.2 Å². The molecule has 35 heavy (non-hydrogen) atoms. The van der Waals surface area contributed by atoms with Gasteiger partial charge in [0.1, 0.15) is 5.75 Å². The molecular weight excluding hydrogens is 446 g/mol. The first-order chi connectivity index (χ1) is 16.9. The number of carbonyl (C=O) groups is 3. The van der Waals surface area contributed by atoms with Crippen LogP contribution in [0.15, 0.2) is 54.6 Å². The number of hydrogen-bond acceptors (Lipinski definition) is 5. The molecule has 2 unspecified atom stereocenters. The van der Waals surface area contributed by atoms with Gasteiger partial charge in [0.2, 0.25) is 5.91 Å². The summed E-state index contributed by atoms with van der Waals surface area (Å²) in [5.41, 5.74) is 1.62. The Morgan fingerprint density at radius 1 is 1.11 bits per heavy atom. The van der Waals surface area contributed by atoms with Crippen molar-refractivity contribution in [3.05, 3.63) is 60.2 Å². The number of methoxy groups -OCH3 is 1. The maximum atomic E-state index is 13.3. The molecule has 8 nitrogen and oxygen atoms in total. The van der Waals surface area contributed by atoms with Crippen LogP contribution in [0, 0.1) is 5.92 Å². The van der Waals surface area contributed by atoms with Crippen LogP contribution in [0.2, 0.25) is 0 Å². The SMILES string of the molecule is CCOC(=O)C1CCCN(C(=O)CCN(C(=O)Nc2ccc(OC)cc2)C(C)c2ccccc2)C1. The summed E-state index contributed by atoms with van der Waals surface area (Å²) in [5, 5.41) is 2.93. The summed E-state index contributed by atoms with van der Waals surface area (Å²) in [6, 6.07) is 16.3. The number of piperidine rings is 1. The molecule has 1 aliphatic heterocycles. The summed E-state index contributed by atoms with van der Waals surface area (Å²) in [4.78, 5) is 41.9. The van der Waals surface area contributed by atoms with E-state index in [-0.39, 0.29) is 42.8 Å². The third-order valence-corrected chi connectivity index (χ3v) is 6.31. The lowest BCUT2D eigenvalue weighted by atomic mass is 9.98. The molecule has 1 saturated heterocycles. The minimum atomic E-state index is -0.289. The lowest BCUT2D eigenvalue weighted by Gasteiger charge is -2.33. The zero-order valence-corrected chi connectivity index (χ0v) is 20.7. The molecule has 0 radical (unpaired) electrons. The number of nitrogens with one attached hydrogen (secondary N) is 1. The molecule has 8 heteroatoms. The Morgan fingerprint density at radius 3 is 2.49 bits per heavy atom. The Morgan fingerprint density at radius 2 is 1.83 bits per heavy atom. The summed E-state index contributed by atoms with van der Waals surface area (Å²) in [6.45, 7) is 5.29. The molecule has 188 valence electrons. The Bertz CT molecular complexity index is 980. The van der Waals surface area contributed by atoms with Crippen molar-refractivity contribution in [2.24, 2.45) is 5.92 Å². The van der Waals surface area contributed by atoms with E-state index in [1.807, 2.05) is 37.3 Å². The predicted octanol–water partition coefficient (Wildman–Crippen LogP) is 4.48. The fourth-order valence-corrected chi connectivity index (χ4v) is 4.28. The second-order valence-corrected chi connectivity index (χ2v) is 8.62. The zero-order valence-electron chi connectivity index (χ0n) is 20.7. The van der Waals surface area contributed by atoms with Crippen molar-refractivity contribution in [2.75, 3.05) is 38.7 Å². The van der Waals surface area contributed by atoms with E-state index < -0.39 is 0 Å². The Hall–Kier alpha value is -3.55. The molecular formula is C27H35N3O5. The Kier molecular flexibility index (Phi) is 9.52. The van der Waals surface area contributed by atoms with Crippen molar-refractivity contribution in [3.8, 4) is 5.75 Å². The molecule has 1 N–H and O–H groups in total. The van der Waals surface area contributed by atoms with Gasteiger partial charge in [-0.25, -0.2) is 4.79 Å². The number of carbonyl (C=O) groups excluding carboxylic acids is 3. The Labute approximate surface area is 207 Å². The molecule has 2 aromatic rings. The highest BCUT2D eigenvalue weighted by atomic mass is 16.5. The quantitative estimate of drug-likeness (QED) is 0.534. The van der Waals surface area contributed by atoms with Crippen molar-refractivity contribution < 1.29 is 23.9 Å². The number of anilines is 1. The Balaban J connectivity index is 1.68. The van der Waals surface area contributed by atoms with Gasteiger partial charge in [-0.3, -0.25) is 9.59 Å². The summed E-state index contributed by atoms with van der Waals surface area (Å²) in [5.74, 6) is 0.0980. The molecule has 1 fully saturated rings. The molecule has 0 spiro atoms. The number of hydrogen-bond donors (Lipinski definition) is 1. The summed E-state index contributed by atoms with van der Waals surface area (Å²) < 4.78 is 10.3. The van der Waals surface area contributed by atoms with Crippen LogP contribution in [0.3, 0.4) is 0 Å². The van der Waals surface area contributed by atoms with E-state index in [9.17, 15) is 14.4 Å². The normalized spacial score (nSPS) is 16.2. The first-order valence-corrected chi connectivity index (χ1v) is 12.1. The average molecular weight is 482 g/mol. The smallest absolute Gasteiger partial charge is 0.322 e. The van der Waals surface area contributed by atoms with Gasteiger partial charge in [-0.15, -0.1) is 0 Å². The van der Waals surface area contributed by atoms with Crippen LogP contribution < -0.4 is 10.1 Å². The van der Waals surface area contributed by atoms with Crippen molar-refractivity contribution in [3.63, 3.8) is 0 Å². The molecule has 2 atom stereocenters. The van der Waals surface area contributed by atoms with Gasteiger partial charge in [-0.05, 0) is 56.5 Å². The van der Waals surface area contributed by atoms with Crippen LogP contribution in [0.1, 0.15) is 44.7 Å². The van der Waals surface area contributed by atoms with Gasteiger partial charge in [0.15, 0.2) is 0 Å². The van der Waals surface area contributed by atoms with Crippen LogP contribution in [-0.2, 0) is 14.3 Å². The van der Waals surface area contributed by atoms with Crippen LogP contribution in [0.5, 0.6) is 5.75 Å². The van der Waals surface area contributed by atoms with Gasteiger partial charge >= 0.3 is 12.0 Å². The second kappa shape index (κ2) is 12.8. The van der Waals surface area contributed by atoms with Crippen LogP contribution in [0.25, 0.3) is 0 Å². The summed E-state index contributed by atoms with van der Waals surface area (Å²) in [6.07, 6.45) is 1.66. The number of amides is 3. The minimum absolute atomic E-state index is 0.0680. The maximum absolute atomic E-state index is 13.3. The molecule has 0 aromatic heterocycles. The lowest BCUT2D eigenvalue weighted by Crippen LogP contribution is -2.45. The highest BCUT2D eigenvalue weighted by Crippen LogP contribution is 2.24. The van der Waals surface area contributed by atoms with E-state index >= 15 is 0 Å². The van der Waals surface area contributed by atoms with E-state index in [0.717, 1.165) is 18.4 Å². The number of likely N-dealkylation sites (tertiary alicyclic amines) is 1. The maximum Gasteiger partial charge on any atom is 0.322 e. The first kappa shape index (κ1) is 26.1. The van der Waals surface area contributed by atoms with Gasteiger partial charge in [-0.1, -0.05) is 30.3 Å². The van der Waals surface area contributed by atoms with E-state index in [2.05, 4.69) is 5.32 Å². The van der Waals surface area contributed by atoms with Gasteiger partial charge in [0, 0.05) is 31.7 Å². The monoisotopic (exact) mass is 481 g/mol. The number of benzene rings is 2. The number of urea groups is 1. The highest BCUT2D eigenvalue weighted by molar-refractivity contribution is 5.90. The number of ether oxygens (including phenoxy) is 2. The largest absolute Gasteiger partial charge is 0.497 e. The molecule has 0 bridgehead atoms. The van der Waals surface area contributed by atoms with E-state index in [1.165, 1.54) is 0 Å². The molecule has 0 aliphatic carbocycles. The third kappa shape index (κ3) is 7.21. The summed E-state index contributed by atoms with van der Waals surface area (Å²) >= 11 is 0. The molecule has 2 aromatic carbocycles. The first-order valence-electron chi connectivity index (χ1n) is 12.1. The van der Waals surface area contributed by atoms with Gasteiger partial charge < -0.3 is 24.6 Å². The number of esters is 1. The topological polar surface area (TPSA) is 88.2 Å². The standard InChI is InChI=1S/C27H35N3O5/c1-4-35-26(32)22-11-8-17-29(19-22)25(31)16-18-30(20(2)21-9-6-5-7-10-21)27(33)28-23-12-14-24(34-3)15-13-23/h5-7,9-10,12-15,20,22H,4,8,11,16-19H2,1-3H3,(H,28,33).